The highest BCUT2D eigenvalue weighted by atomic mass is 35.5. The number of carbonyl (C=O) groups is 2. The average molecular weight is 333 g/mol. The van der Waals surface area contributed by atoms with Gasteiger partial charge in [-0.3, -0.25) is 15.0 Å². The van der Waals surface area contributed by atoms with E-state index in [1.54, 1.807) is 42.5 Å². The molecule has 1 aliphatic rings. The molecule has 0 radical (unpaired) electrons. The standard InChI is InChI=1S/C16H10Cl2N2O2/c17-13-8-4-5-10(14(13)18)9-12-15(21)19-20(16(12)22)11-6-2-1-3-7-11/h1-9H,(H,19,21)/b12-9+. The van der Waals surface area contributed by atoms with Gasteiger partial charge in [0.1, 0.15) is 5.57 Å². The molecule has 0 saturated carbocycles. The SMILES string of the molecule is O=C1NN(c2ccccc2)C(=O)/C1=C/c1cccc(Cl)c1Cl. The van der Waals surface area contributed by atoms with Crippen LogP contribution in [0.5, 0.6) is 0 Å². The highest BCUT2D eigenvalue weighted by Crippen LogP contribution is 2.28. The molecule has 3 rings (SSSR count). The fourth-order valence-electron chi connectivity index (χ4n) is 2.10. The maximum atomic E-state index is 12.4. The van der Waals surface area contributed by atoms with Gasteiger partial charge in [0, 0.05) is 0 Å². The zero-order valence-corrected chi connectivity index (χ0v) is 12.7. The van der Waals surface area contributed by atoms with Crippen LogP contribution in [0.3, 0.4) is 0 Å². The maximum Gasteiger partial charge on any atom is 0.282 e. The molecular weight excluding hydrogens is 323 g/mol. The molecular formula is C16H10Cl2N2O2. The second kappa shape index (κ2) is 5.83. The summed E-state index contributed by atoms with van der Waals surface area (Å²) in [5.74, 6) is -0.919. The van der Waals surface area contributed by atoms with Crippen molar-refractivity contribution in [1.82, 2.24) is 5.43 Å². The van der Waals surface area contributed by atoms with Gasteiger partial charge in [-0.15, -0.1) is 0 Å². The van der Waals surface area contributed by atoms with E-state index in [2.05, 4.69) is 5.43 Å². The van der Waals surface area contributed by atoms with Crippen molar-refractivity contribution in [1.29, 1.82) is 0 Å². The summed E-state index contributed by atoms with van der Waals surface area (Å²) in [6.45, 7) is 0. The number of hydrazine groups is 1. The van der Waals surface area contributed by atoms with Gasteiger partial charge in [-0.2, -0.15) is 0 Å². The molecule has 1 heterocycles. The zero-order chi connectivity index (χ0) is 15.7. The third-order valence-electron chi connectivity index (χ3n) is 3.19. The molecule has 1 aliphatic heterocycles. The summed E-state index contributed by atoms with van der Waals surface area (Å²) < 4.78 is 0. The molecule has 1 N–H and O–H groups in total. The minimum absolute atomic E-state index is 0.00743. The van der Waals surface area contributed by atoms with Gasteiger partial charge >= 0.3 is 0 Å². The number of halogens is 2. The maximum absolute atomic E-state index is 12.4. The van der Waals surface area contributed by atoms with Crippen molar-refractivity contribution < 1.29 is 9.59 Å². The van der Waals surface area contributed by atoms with Crippen LogP contribution in [0.1, 0.15) is 5.56 Å². The lowest BCUT2D eigenvalue weighted by molar-refractivity contribution is -0.117. The summed E-state index contributed by atoms with van der Waals surface area (Å²) in [4.78, 5) is 24.5. The van der Waals surface area contributed by atoms with Gasteiger partial charge in [0.25, 0.3) is 11.8 Å². The molecule has 1 saturated heterocycles. The molecule has 0 aromatic heterocycles. The van der Waals surface area contributed by atoms with Gasteiger partial charge in [-0.1, -0.05) is 53.5 Å². The summed E-state index contributed by atoms with van der Waals surface area (Å²) in [5, 5.41) is 1.87. The molecule has 2 aromatic carbocycles. The van der Waals surface area contributed by atoms with E-state index in [0.717, 1.165) is 0 Å². The van der Waals surface area contributed by atoms with Crippen molar-refractivity contribution in [2.24, 2.45) is 0 Å². The number of nitrogens with zero attached hydrogens (tertiary/aromatic N) is 1. The summed E-state index contributed by atoms with van der Waals surface area (Å²) in [6.07, 6.45) is 1.44. The van der Waals surface area contributed by atoms with Gasteiger partial charge in [-0.05, 0) is 29.8 Å². The van der Waals surface area contributed by atoms with Crippen molar-refractivity contribution in [2.75, 3.05) is 5.01 Å². The van der Waals surface area contributed by atoms with Crippen LogP contribution >= 0.6 is 23.2 Å². The Morgan fingerprint density at radius 2 is 1.68 bits per heavy atom. The lowest BCUT2D eigenvalue weighted by Gasteiger charge is -2.13. The van der Waals surface area contributed by atoms with Crippen LogP contribution in [0, 0.1) is 0 Å². The Balaban J connectivity index is 1.99. The second-order valence-electron chi connectivity index (χ2n) is 4.62. The number of hydrogen-bond donors (Lipinski definition) is 1. The van der Waals surface area contributed by atoms with Gasteiger partial charge in [-0.25, -0.2) is 5.01 Å². The number of hydrogen-bond acceptors (Lipinski definition) is 2. The summed E-state index contributed by atoms with van der Waals surface area (Å²) in [6, 6.07) is 13.9. The zero-order valence-electron chi connectivity index (χ0n) is 11.2. The van der Waals surface area contributed by atoms with E-state index in [-0.39, 0.29) is 5.57 Å². The molecule has 2 aromatic rings. The highest BCUT2D eigenvalue weighted by molar-refractivity contribution is 6.43. The lowest BCUT2D eigenvalue weighted by atomic mass is 10.1. The van der Waals surface area contributed by atoms with E-state index >= 15 is 0 Å². The van der Waals surface area contributed by atoms with Crippen molar-refractivity contribution in [3.05, 3.63) is 69.7 Å². The Labute approximate surface area is 136 Å². The van der Waals surface area contributed by atoms with Crippen LogP contribution in [0.15, 0.2) is 54.1 Å². The molecule has 0 spiro atoms. The third kappa shape index (κ3) is 2.58. The van der Waals surface area contributed by atoms with Gasteiger partial charge in [0.15, 0.2) is 0 Å². The number of nitrogens with one attached hydrogen (secondary N) is 1. The monoisotopic (exact) mass is 332 g/mol. The molecule has 110 valence electrons. The van der Waals surface area contributed by atoms with E-state index < -0.39 is 11.8 Å². The van der Waals surface area contributed by atoms with E-state index in [0.29, 0.717) is 21.3 Å². The first-order valence-electron chi connectivity index (χ1n) is 6.44. The lowest BCUT2D eigenvalue weighted by Crippen LogP contribution is -2.35. The normalized spacial score (nSPS) is 16.3. The van der Waals surface area contributed by atoms with E-state index in [1.807, 2.05) is 6.07 Å². The predicted octanol–water partition coefficient (Wildman–Crippen LogP) is 3.45. The summed E-state index contributed by atoms with van der Waals surface area (Å²) in [5.41, 5.74) is 3.63. The first-order valence-corrected chi connectivity index (χ1v) is 7.20. The van der Waals surface area contributed by atoms with Crippen molar-refractivity contribution >= 4 is 46.8 Å². The Kier molecular flexibility index (Phi) is 3.88. The molecule has 0 bridgehead atoms. The smallest absolute Gasteiger partial charge is 0.267 e. The largest absolute Gasteiger partial charge is 0.282 e. The third-order valence-corrected chi connectivity index (χ3v) is 4.02. The van der Waals surface area contributed by atoms with E-state index in [9.17, 15) is 9.59 Å². The minimum Gasteiger partial charge on any atom is -0.267 e. The summed E-state index contributed by atoms with van der Waals surface area (Å²) in [7, 11) is 0. The van der Waals surface area contributed by atoms with Crippen LogP contribution in [-0.2, 0) is 9.59 Å². The van der Waals surface area contributed by atoms with Gasteiger partial charge < -0.3 is 0 Å². The van der Waals surface area contributed by atoms with Crippen LogP contribution < -0.4 is 10.4 Å². The molecule has 22 heavy (non-hydrogen) atoms. The molecule has 0 unspecified atom stereocenters. The summed E-state index contributed by atoms with van der Waals surface area (Å²) >= 11 is 12.0. The number of para-hydroxylation sites is 1. The molecule has 4 nitrogen and oxygen atoms in total. The van der Waals surface area contributed by atoms with Crippen molar-refractivity contribution in [3.8, 4) is 0 Å². The topological polar surface area (TPSA) is 49.4 Å². The Morgan fingerprint density at radius 1 is 0.955 bits per heavy atom. The van der Waals surface area contributed by atoms with Crippen LogP contribution in [-0.4, -0.2) is 11.8 Å². The molecule has 6 heteroatoms. The van der Waals surface area contributed by atoms with Gasteiger partial charge in [0.05, 0.1) is 15.7 Å². The van der Waals surface area contributed by atoms with Crippen LogP contribution in [0.2, 0.25) is 10.0 Å². The number of benzene rings is 2. The van der Waals surface area contributed by atoms with E-state index in [1.165, 1.54) is 11.1 Å². The number of carbonyl (C=O) groups excluding carboxylic acids is 2. The van der Waals surface area contributed by atoms with Crippen molar-refractivity contribution in [3.63, 3.8) is 0 Å². The van der Waals surface area contributed by atoms with Crippen molar-refractivity contribution in [2.45, 2.75) is 0 Å². The number of anilines is 1. The molecule has 0 aliphatic carbocycles. The molecule has 1 fully saturated rings. The number of amides is 2. The Bertz CT molecular complexity index is 788. The minimum atomic E-state index is -0.482. The van der Waals surface area contributed by atoms with E-state index in [4.69, 9.17) is 23.2 Å². The number of rotatable bonds is 2. The first kappa shape index (κ1) is 14.6. The fraction of sp³-hybridized carbons (Fsp3) is 0. The average Bonchev–Trinajstić information content (AvgIpc) is 2.80. The Morgan fingerprint density at radius 3 is 2.41 bits per heavy atom. The first-order chi connectivity index (χ1) is 10.6. The second-order valence-corrected chi connectivity index (χ2v) is 5.40. The van der Waals surface area contributed by atoms with Crippen LogP contribution in [0.4, 0.5) is 5.69 Å². The highest BCUT2D eigenvalue weighted by Gasteiger charge is 2.34. The fourth-order valence-corrected chi connectivity index (χ4v) is 2.47. The predicted molar refractivity (Wildman–Crippen MR) is 86.5 cm³/mol. The van der Waals surface area contributed by atoms with Crippen LogP contribution in [0.25, 0.3) is 6.08 Å². The van der Waals surface area contributed by atoms with Gasteiger partial charge in [0.2, 0.25) is 0 Å². The molecule has 0 atom stereocenters. The molecule has 2 amide bonds. The quantitative estimate of drug-likeness (QED) is 0.676. The Hall–Kier alpha value is -2.30.